The van der Waals surface area contributed by atoms with Gasteiger partial charge in [-0.05, 0) is 159 Å². The number of H-pyrrole nitrogens is 2. The second-order valence-electron chi connectivity index (χ2n) is 25.6. The number of anilines is 1. The summed E-state index contributed by atoms with van der Waals surface area (Å²) in [5, 5.41) is 30.5. The second-order valence-corrected chi connectivity index (χ2v) is 27.8. The van der Waals surface area contributed by atoms with Crippen LogP contribution >= 0.6 is 23.5 Å². The van der Waals surface area contributed by atoms with E-state index in [0.717, 1.165) is 11.1 Å². The summed E-state index contributed by atoms with van der Waals surface area (Å²) in [5.41, 5.74) is 15.6. The summed E-state index contributed by atoms with van der Waals surface area (Å²) in [6.07, 6.45) is 4.70. The minimum absolute atomic E-state index is 0.000976. The number of aromatic amines is 2. The molecule has 100 heavy (non-hydrogen) atoms. The lowest BCUT2D eigenvalue weighted by atomic mass is 9.95. The van der Waals surface area contributed by atoms with Crippen LogP contribution in [0.5, 0.6) is 5.75 Å². The molecular formula is C72H83F2N13O11S2. The van der Waals surface area contributed by atoms with E-state index in [0.29, 0.717) is 92.8 Å². The number of phenolic OH excluding ortho intramolecular Hbond substituents is 1. The molecule has 10 amide bonds. The number of unbranched alkanes of at least 4 members (excludes halogenated alkanes) is 1. The van der Waals surface area contributed by atoms with E-state index in [1.807, 2.05) is 24.3 Å². The van der Waals surface area contributed by atoms with Gasteiger partial charge in [-0.2, -0.15) is 23.5 Å². The molecular weight excluding hydrogens is 1330 g/mol. The monoisotopic (exact) mass is 1410 g/mol. The molecule has 2 aromatic heterocycles. The van der Waals surface area contributed by atoms with Crippen molar-refractivity contribution in [3.8, 4) is 5.75 Å². The first-order valence-electron chi connectivity index (χ1n) is 33.4. The molecule has 3 aliphatic heterocycles. The van der Waals surface area contributed by atoms with E-state index in [9.17, 15) is 42.7 Å². The smallest absolute Gasteiger partial charge is 0.250 e. The van der Waals surface area contributed by atoms with Crippen molar-refractivity contribution >= 4 is 110 Å². The molecule has 0 unspecified atom stereocenters. The van der Waals surface area contributed by atoms with E-state index in [-0.39, 0.29) is 75.8 Å². The van der Waals surface area contributed by atoms with Gasteiger partial charge in [0, 0.05) is 88.7 Å². The molecule has 24 nitrogen and oxygen atoms in total. The molecule has 10 rings (SSSR count). The molecule has 0 spiro atoms. The third kappa shape index (κ3) is 18.7. The molecule has 0 radical (unpaired) electrons. The minimum atomic E-state index is -1.53. The van der Waals surface area contributed by atoms with Crippen LogP contribution in [-0.2, 0) is 85.1 Å². The van der Waals surface area contributed by atoms with Gasteiger partial charge in [0.1, 0.15) is 65.7 Å². The Hall–Kier alpha value is -9.80. The number of aryl methyl sites for hydroxylation is 2. The van der Waals surface area contributed by atoms with Crippen molar-refractivity contribution < 1.29 is 61.8 Å². The van der Waals surface area contributed by atoms with Crippen molar-refractivity contribution in [2.24, 2.45) is 11.5 Å². The lowest BCUT2D eigenvalue weighted by Crippen LogP contribution is -2.62. The standard InChI is InChI=1S/C72H83F2N13O11S2/c1-72-26-7-28-87(72)70(97)59(31-42-13-19-50(88)20-14-42)82-64(91)38-86-61-12-3-2-10-45(61)15-22-57(69(86)96)84-67(94)56(21-16-46-35-77-53-23-17-48(73)33-51(46)53)83-68(95)58(32-47-36-78-54-24-18-49(74)34-52(47)54)81-63(90)37-79-66(93)55(11-4-5-27-75)80-62(89)25-29-99-39-43-8-6-9-44(30-43)40-100-41-60(65(76)92)85-71(72)98/h2-3,6,8-10,12-14,17-20,23-24,30,33-36,55-60,77-78,88H,4-5,7,11,15-16,21-22,25-29,31-32,37-41,75H2,1H3,(H2,76,92)(H,79,93)(H,80,89)(H,81,90)(H,82,91)(H,83,95)(H,84,94)(H,85,98)/t55-,56-,57-,58-,59-,60-,72-/m0/s1. The van der Waals surface area contributed by atoms with Crippen molar-refractivity contribution in [2.75, 3.05) is 42.6 Å². The maximum atomic E-state index is 15.3. The summed E-state index contributed by atoms with van der Waals surface area (Å²) < 4.78 is 29.7. The number of nitrogens with one attached hydrogen (secondary N) is 9. The van der Waals surface area contributed by atoms with E-state index in [1.165, 1.54) is 75.8 Å². The quantitative estimate of drug-likeness (QED) is 0.0743. The number of thioether (sulfide) groups is 2. The summed E-state index contributed by atoms with van der Waals surface area (Å²) in [6, 6.07) is 20.8. The van der Waals surface area contributed by atoms with Crippen LogP contribution in [0.2, 0.25) is 0 Å². The maximum absolute atomic E-state index is 15.3. The number of benzene rings is 5. The Morgan fingerprint density at radius 2 is 1.31 bits per heavy atom. The number of halogens is 2. The summed E-state index contributed by atoms with van der Waals surface area (Å²) in [6.45, 7) is 0.655. The van der Waals surface area contributed by atoms with E-state index >= 15 is 19.2 Å². The number of nitrogens with zero attached hydrogens (tertiary/aromatic N) is 2. The number of amides is 10. The van der Waals surface area contributed by atoms with Crippen molar-refractivity contribution in [1.29, 1.82) is 0 Å². The summed E-state index contributed by atoms with van der Waals surface area (Å²) >= 11 is 2.85. The van der Waals surface area contributed by atoms with Crippen molar-refractivity contribution in [1.82, 2.24) is 52.1 Å². The van der Waals surface area contributed by atoms with Crippen molar-refractivity contribution in [3.05, 3.63) is 167 Å². The Kier molecular flexibility index (Phi) is 24.7. The fourth-order valence-corrected chi connectivity index (χ4v) is 14.9. The molecule has 0 aliphatic carbocycles. The number of rotatable bonds is 12. The highest BCUT2D eigenvalue weighted by atomic mass is 32.2. The molecule has 1 fully saturated rings. The van der Waals surface area contributed by atoms with Crippen LogP contribution in [0.3, 0.4) is 0 Å². The van der Waals surface area contributed by atoms with Gasteiger partial charge in [-0.25, -0.2) is 8.78 Å². The maximum Gasteiger partial charge on any atom is 0.250 e. The van der Waals surface area contributed by atoms with Gasteiger partial charge in [0.2, 0.25) is 59.1 Å². The van der Waals surface area contributed by atoms with E-state index in [2.05, 4.69) is 47.2 Å². The second kappa shape index (κ2) is 33.8. The van der Waals surface area contributed by atoms with Gasteiger partial charge >= 0.3 is 0 Å². The molecule has 7 atom stereocenters. The lowest BCUT2D eigenvalue weighted by Gasteiger charge is -2.37. The molecule has 3 aliphatic rings. The zero-order valence-electron chi connectivity index (χ0n) is 55.3. The average molecular weight is 1410 g/mol. The number of fused-ring (bicyclic) bond motifs is 9. The first-order chi connectivity index (χ1) is 48.1. The van der Waals surface area contributed by atoms with E-state index in [4.69, 9.17) is 11.5 Å². The van der Waals surface area contributed by atoms with Gasteiger partial charge in [0.25, 0.3) is 0 Å². The van der Waals surface area contributed by atoms with Crippen LogP contribution in [0.1, 0.15) is 91.7 Å². The SMILES string of the molecule is C[C@@]12CCCN1C(=O)[C@H](Cc1ccc(O)cc1)NC(=O)CN1C(=O)[C@H](CCc3ccccc31)NC(=O)[C@H](CCc1c[nH]c3ccc(F)cc13)NC(=O)[C@H](Cc1c[nH]c3ccc(F)cc13)NC(=O)CNC(=O)[C@H](CCCCN)NC(=O)CCSCc1cccc(c1)CSC[C@@H](C(N)=O)NC2=O. The van der Waals surface area contributed by atoms with Crippen LogP contribution in [0.4, 0.5) is 14.5 Å². The fourth-order valence-electron chi connectivity index (χ4n) is 13.0. The van der Waals surface area contributed by atoms with Crippen LogP contribution < -0.4 is 53.6 Å². The topological polar surface area (TPSA) is 365 Å². The highest BCUT2D eigenvalue weighted by Gasteiger charge is 2.48. The molecule has 528 valence electrons. The molecule has 5 aromatic carbocycles. The lowest BCUT2D eigenvalue weighted by molar-refractivity contribution is -0.147. The largest absolute Gasteiger partial charge is 0.508 e. The molecule has 7 aromatic rings. The van der Waals surface area contributed by atoms with Crippen LogP contribution in [-0.4, -0.2) is 159 Å². The predicted molar refractivity (Wildman–Crippen MR) is 377 cm³/mol. The van der Waals surface area contributed by atoms with Gasteiger partial charge in [-0.15, -0.1) is 0 Å². The summed E-state index contributed by atoms with van der Waals surface area (Å²) in [5.74, 6) is -7.03. The van der Waals surface area contributed by atoms with Crippen LogP contribution in [0, 0.1) is 11.6 Å². The molecule has 1 saturated heterocycles. The number of hydrogen-bond acceptors (Lipinski definition) is 14. The Bertz CT molecular complexity index is 4170. The Morgan fingerprint density at radius 1 is 0.650 bits per heavy atom. The highest BCUT2D eigenvalue weighted by molar-refractivity contribution is 7.98. The van der Waals surface area contributed by atoms with Gasteiger partial charge in [0.15, 0.2) is 0 Å². The number of para-hydroxylation sites is 1. The normalized spacial score (nSPS) is 22.6. The average Bonchev–Trinajstić information content (AvgIpc) is 1.59. The van der Waals surface area contributed by atoms with Gasteiger partial charge in [-0.1, -0.05) is 54.6 Å². The van der Waals surface area contributed by atoms with E-state index in [1.54, 1.807) is 61.8 Å². The number of carbonyl (C=O) groups excluding carboxylic acids is 10. The highest BCUT2D eigenvalue weighted by Crippen LogP contribution is 2.33. The first-order valence-corrected chi connectivity index (χ1v) is 35.7. The Labute approximate surface area is 584 Å². The third-order valence-electron chi connectivity index (χ3n) is 18.4. The first kappa shape index (κ1) is 72.9. The van der Waals surface area contributed by atoms with Crippen LogP contribution in [0.15, 0.2) is 122 Å². The molecule has 28 heteroatoms. The molecule has 4 bridgehead atoms. The fraction of sp³-hybridized carbons (Fsp3) is 0.389. The number of primary amides is 1. The van der Waals surface area contributed by atoms with Gasteiger partial charge in [-0.3, -0.25) is 47.9 Å². The number of aromatic nitrogens is 2. The van der Waals surface area contributed by atoms with Crippen LogP contribution in [0.25, 0.3) is 21.8 Å². The van der Waals surface area contributed by atoms with Crippen molar-refractivity contribution in [3.63, 3.8) is 0 Å². The minimum Gasteiger partial charge on any atom is -0.508 e. The Balaban J connectivity index is 0.968. The third-order valence-corrected chi connectivity index (χ3v) is 20.5. The number of carbonyl (C=O) groups is 10. The molecule has 14 N–H and O–H groups in total. The van der Waals surface area contributed by atoms with Gasteiger partial charge < -0.3 is 73.6 Å². The Morgan fingerprint density at radius 3 is 2.03 bits per heavy atom. The number of phenols is 1. The number of aromatic hydroxyl groups is 1. The zero-order chi connectivity index (χ0) is 71.0. The van der Waals surface area contributed by atoms with Crippen molar-refractivity contribution in [2.45, 2.75) is 137 Å². The number of nitrogens with two attached hydrogens (primary N) is 2. The predicted octanol–water partition coefficient (Wildman–Crippen LogP) is 4.62. The summed E-state index contributed by atoms with van der Waals surface area (Å²) in [7, 11) is 0. The zero-order valence-corrected chi connectivity index (χ0v) is 56.9. The van der Waals surface area contributed by atoms with Gasteiger partial charge in [0.05, 0.1) is 6.54 Å². The molecule has 0 saturated carbocycles. The summed E-state index contributed by atoms with van der Waals surface area (Å²) in [4.78, 5) is 154. The number of hydrogen-bond donors (Lipinski definition) is 12. The molecule has 5 heterocycles. The van der Waals surface area contributed by atoms with E-state index < -0.39 is 126 Å².